The van der Waals surface area contributed by atoms with Crippen molar-refractivity contribution in [1.29, 1.82) is 0 Å². The summed E-state index contributed by atoms with van der Waals surface area (Å²) in [6.07, 6.45) is 0. The molecule has 2 aromatic carbocycles. The maximum absolute atomic E-state index is 11.9. The first-order valence-electron chi connectivity index (χ1n) is 6.18. The van der Waals surface area contributed by atoms with Crippen LogP contribution in [0.5, 0.6) is 5.75 Å². The molecule has 4 nitrogen and oxygen atoms in total. The lowest BCUT2D eigenvalue weighted by Gasteiger charge is -2.15. The van der Waals surface area contributed by atoms with Gasteiger partial charge in [-0.2, -0.15) is 0 Å². The number of hydrazine groups is 1. The Morgan fingerprint density at radius 2 is 1.80 bits per heavy atom. The zero-order valence-corrected chi connectivity index (χ0v) is 11.6. The van der Waals surface area contributed by atoms with Gasteiger partial charge in [0.25, 0.3) is 0 Å². The average Bonchev–Trinajstić information content (AvgIpc) is 2.50. The molecule has 0 aromatic heterocycles. The number of carbonyl (C=O) groups excluding carboxylic acids is 1. The van der Waals surface area contributed by atoms with Crippen LogP contribution in [0.4, 0.5) is 0 Å². The molecule has 1 amide bonds. The summed E-state index contributed by atoms with van der Waals surface area (Å²) in [6, 6.07) is 16.4. The quantitative estimate of drug-likeness (QED) is 0.341. The van der Waals surface area contributed by atoms with Crippen molar-refractivity contribution < 1.29 is 9.90 Å². The number of phenols is 1. The van der Waals surface area contributed by atoms with Gasteiger partial charge >= 0.3 is 0 Å². The van der Waals surface area contributed by atoms with Crippen molar-refractivity contribution in [3.8, 4) is 5.75 Å². The molecule has 0 fully saturated rings. The van der Waals surface area contributed by atoms with E-state index in [-0.39, 0.29) is 17.6 Å². The Kier molecular flexibility index (Phi) is 5.03. The molecule has 0 saturated heterocycles. The van der Waals surface area contributed by atoms with Crippen molar-refractivity contribution in [3.05, 3.63) is 60.2 Å². The third-order valence-electron chi connectivity index (χ3n) is 2.91. The number of thioether (sulfide) groups is 1. The zero-order chi connectivity index (χ0) is 14.4. The van der Waals surface area contributed by atoms with E-state index in [0.717, 1.165) is 10.5 Å². The Hall–Kier alpha value is -1.98. The first kappa shape index (κ1) is 14.4. The van der Waals surface area contributed by atoms with Crippen molar-refractivity contribution in [3.63, 3.8) is 0 Å². The highest BCUT2D eigenvalue weighted by Gasteiger charge is 2.19. The predicted octanol–water partition coefficient (Wildman–Crippen LogP) is 2.26. The molecular weight excluding hydrogens is 272 g/mol. The van der Waals surface area contributed by atoms with E-state index in [4.69, 9.17) is 5.84 Å². The summed E-state index contributed by atoms with van der Waals surface area (Å²) in [4.78, 5) is 12.9. The maximum atomic E-state index is 11.9. The molecule has 2 aromatic rings. The normalized spacial score (nSPS) is 11.8. The molecule has 1 unspecified atom stereocenters. The maximum Gasteiger partial charge on any atom is 0.242 e. The number of hydrogen-bond acceptors (Lipinski definition) is 4. The van der Waals surface area contributed by atoms with Crippen LogP contribution in [0.3, 0.4) is 0 Å². The van der Waals surface area contributed by atoms with Crippen molar-refractivity contribution in [2.45, 2.75) is 10.8 Å². The highest BCUT2D eigenvalue weighted by Crippen LogP contribution is 2.27. The molecule has 0 heterocycles. The second-order valence-corrected chi connectivity index (χ2v) is 5.37. The van der Waals surface area contributed by atoms with Gasteiger partial charge in [0.05, 0.1) is 5.92 Å². The number of rotatable bonds is 5. The number of amides is 1. The molecule has 0 spiro atoms. The van der Waals surface area contributed by atoms with Gasteiger partial charge in [-0.15, -0.1) is 11.8 Å². The second-order valence-electron chi connectivity index (χ2n) is 4.28. The molecule has 0 radical (unpaired) electrons. The first-order valence-corrected chi connectivity index (χ1v) is 7.16. The topological polar surface area (TPSA) is 75.3 Å². The van der Waals surface area contributed by atoms with Gasteiger partial charge in [-0.25, -0.2) is 5.84 Å². The number of nitrogens with one attached hydrogen (secondary N) is 1. The van der Waals surface area contributed by atoms with Gasteiger partial charge in [0, 0.05) is 10.6 Å². The molecule has 0 saturated carbocycles. The van der Waals surface area contributed by atoms with Crippen molar-refractivity contribution in [1.82, 2.24) is 5.43 Å². The van der Waals surface area contributed by atoms with Gasteiger partial charge < -0.3 is 5.11 Å². The lowest BCUT2D eigenvalue weighted by Crippen LogP contribution is -2.35. The van der Waals surface area contributed by atoms with Gasteiger partial charge in [-0.1, -0.05) is 30.3 Å². The van der Waals surface area contributed by atoms with E-state index in [0.29, 0.717) is 5.75 Å². The van der Waals surface area contributed by atoms with Gasteiger partial charge in [0.2, 0.25) is 5.91 Å². The number of hydrogen-bond donors (Lipinski definition) is 3. The molecule has 0 aliphatic heterocycles. The largest absolute Gasteiger partial charge is 0.508 e. The Bertz CT molecular complexity index is 558. The fourth-order valence-corrected chi connectivity index (χ4v) is 2.86. The Morgan fingerprint density at radius 1 is 1.15 bits per heavy atom. The monoisotopic (exact) mass is 288 g/mol. The van der Waals surface area contributed by atoms with E-state index in [1.807, 2.05) is 42.5 Å². The van der Waals surface area contributed by atoms with Gasteiger partial charge in [0.15, 0.2) is 0 Å². The lowest BCUT2D eigenvalue weighted by molar-refractivity contribution is -0.122. The molecule has 2 rings (SSSR count). The number of phenolic OH excluding ortho intramolecular Hbond substituents is 1. The number of carbonyl (C=O) groups is 1. The molecule has 4 N–H and O–H groups in total. The Morgan fingerprint density at radius 3 is 2.40 bits per heavy atom. The average molecular weight is 288 g/mol. The summed E-state index contributed by atoms with van der Waals surface area (Å²) < 4.78 is 0. The molecule has 0 bridgehead atoms. The SMILES string of the molecule is NNC(=O)C(CSc1ccc(O)cc1)c1ccccc1. The summed E-state index contributed by atoms with van der Waals surface area (Å²) in [5.74, 6) is 5.56. The van der Waals surface area contributed by atoms with Crippen LogP contribution < -0.4 is 11.3 Å². The molecule has 1 atom stereocenters. The number of benzene rings is 2. The Balaban J connectivity index is 2.09. The van der Waals surface area contributed by atoms with Crippen molar-refractivity contribution in [2.75, 3.05) is 5.75 Å². The third kappa shape index (κ3) is 3.76. The highest BCUT2D eigenvalue weighted by molar-refractivity contribution is 7.99. The smallest absolute Gasteiger partial charge is 0.242 e. The summed E-state index contributed by atoms with van der Waals surface area (Å²) in [6.45, 7) is 0. The van der Waals surface area contributed by atoms with Crippen LogP contribution in [0, 0.1) is 0 Å². The molecule has 0 aliphatic rings. The van der Waals surface area contributed by atoms with E-state index in [1.165, 1.54) is 0 Å². The van der Waals surface area contributed by atoms with Crippen molar-refractivity contribution >= 4 is 17.7 Å². The minimum absolute atomic E-state index is 0.206. The van der Waals surface area contributed by atoms with E-state index in [1.54, 1.807) is 23.9 Å². The third-order valence-corrected chi connectivity index (χ3v) is 4.02. The lowest BCUT2D eigenvalue weighted by atomic mass is 10.0. The molecule has 20 heavy (non-hydrogen) atoms. The number of nitrogens with two attached hydrogens (primary N) is 1. The van der Waals surface area contributed by atoms with E-state index >= 15 is 0 Å². The molecular formula is C15H16N2O2S. The summed E-state index contributed by atoms with van der Waals surface area (Å²) in [5.41, 5.74) is 3.15. The molecule has 104 valence electrons. The van der Waals surface area contributed by atoms with Gasteiger partial charge in [-0.05, 0) is 29.8 Å². The van der Waals surface area contributed by atoms with Crippen LogP contribution in [-0.2, 0) is 4.79 Å². The van der Waals surface area contributed by atoms with Crippen molar-refractivity contribution in [2.24, 2.45) is 5.84 Å². The summed E-state index contributed by atoms with van der Waals surface area (Å²) in [5, 5.41) is 9.25. The van der Waals surface area contributed by atoms with Gasteiger partial charge in [-0.3, -0.25) is 10.2 Å². The van der Waals surface area contributed by atoms with Crippen LogP contribution in [0.15, 0.2) is 59.5 Å². The van der Waals surface area contributed by atoms with E-state index < -0.39 is 0 Å². The van der Waals surface area contributed by atoms with E-state index in [9.17, 15) is 9.90 Å². The number of aromatic hydroxyl groups is 1. The first-order chi connectivity index (χ1) is 9.70. The van der Waals surface area contributed by atoms with E-state index in [2.05, 4.69) is 5.43 Å². The fourth-order valence-electron chi connectivity index (χ4n) is 1.83. The van der Waals surface area contributed by atoms with Gasteiger partial charge in [0.1, 0.15) is 5.75 Å². The minimum Gasteiger partial charge on any atom is -0.508 e. The highest BCUT2D eigenvalue weighted by atomic mass is 32.2. The zero-order valence-electron chi connectivity index (χ0n) is 10.8. The molecule has 0 aliphatic carbocycles. The second kappa shape index (κ2) is 6.98. The van der Waals surface area contributed by atoms with Crippen LogP contribution >= 0.6 is 11.8 Å². The standard InChI is InChI=1S/C15H16N2O2S/c16-17-15(19)14(11-4-2-1-3-5-11)10-20-13-8-6-12(18)7-9-13/h1-9,14,18H,10,16H2,(H,17,19). The van der Waals surface area contributed by atoms with Crippen LogP contribution in [0.2, 0.25) is 0 Å². The summed E-state index contributed by atoms with van der Waals surface area (Å²) in [7, 11) is 0. The van der Waals surface area contributed by atoms with Crippen LogP contribution in [-0.4, -0.2) is 16.8 Å². The van der Waals surface area contributed by atoms with Crippen LogP contribution in [0.25, 0.3) is 0 Å². The Labute approximate surface area is 122 Å². The molecule has 5 heteroatoms. The fraction of sp³-hybridized carbons (Fsp3) is 0.133. The predicted molar refractivity (Wildman–Crippen MR) is 80.3 cm³/mol. The summed E-state index contributed by atoms with van der Waals surface area (Å²) >= 11 is 1.55. The minimum atomic E-state index is -0.306. The van der Waals surface area contributed by atoms with Crippen LogP contribution in [0.1, 0.15) is 11.5 Å².